The average molecular weight is 276 g/mol. The van der Waals surface area contributed by atoms with Gasteiger partial charge in [0.05, 0.1) is 5.56 Å². The van der Waals surface area contributed by atoms with Gasteiger partial charge in [-0.1, -0.05) is 26.7 Å². The molecule has 0 spiro atoms. The molecule has 1 saturated carbocycles. The molecule has 1 aromatic carbocycles. The summed E-state index contributed by atoms with van der Waals surface area (Å²) in [5.74, 6) is 0.956. The van der Waals surface area contributed by atoms with Gasteiger partial charge in [-0.25, -0.2) is 0 Å². The van der Waals surface area contributed by atoms with Crippen molar-refractivity contribution in [1.29, 1.82) is 0 Å². The zero-order valence-corrected chi connectivity index (χ0v) is 12.2. The monoisotopic (exact) mass is 276 g/mol. The molecular weight excluding hydrogens is 252 g/mol. The predicted molar refractivity (Wildman–Crippen MR) is 80.6 cm³/mol. The fourth-order valence-corrected chi connectivity index (χ4v) is 3.12. The summed E-state index contributed by atoms with van der Waals surface area (Å²) in [6.07, 6.45) is 4.58. The third kappa shape index (κ3) is 3.24. The Morgan fingerprint density at radius 2 is 2.05 bits per heavy atom. The molecule has 0 bridgehead atoms. The number of phenolic OH excluding ortho intramolecular Hbond substituents is 1. The SMILES string of the molecule is CC(C)C1CCCCC1NC(=O)c1cc(O)ccc1N. The van der Waals surface area contributed by atoms with E-state index < -0.39 is 0 Å². The van der Waals surface area contributed by atoms with E-state index in [-0.39, 0.29) is 17.7 Å². The standard InChI is InChI=1S/C16H24N2O2/c1-10(2)12-5-3-4-6-15(12)18-16(20)13-9-11(19)7-8-14(13)17/h7-10,12,15,19H,3-6,17H2,1-2H3,(H,18,20). The number of rotatable bonds is 3. The molecule has 4 N–H and O–H groups in total. The van der Waals surface area contributed by atoms with E-state index in [0.29, 0.717) is 23.1 Å². The molecule has 2 atom stereocenters. The minimum Gasteiger partial charge on any atom is -0.508 e. The van der Waals surface area contributed by atoms with Crippen molar-refractivity contribution in [2.24, 2.45) is 11.8 Å². The molecule has 110 valence electrons. The molecule has 0 aromatic heterocycles. The van der Waals surface area contributed by atoms with Gasteiger partial charge in [0.25, 0.3) is 5.91 Å². The van der Waals surface area contributed by atoms with Gasteiger partial charge in [0.2, 0.25) is 0 Å². The van der Waals surface area contributed by atoms with Crippen molar-refractivity contribution in [2.45, 2.75) is 45.6 Å². The molecule has 1 fully saturated rings. The second-order valence-corrected chi connectivity index (χ2v) is 6.04. The highest BCUT2D eigenvalue weighted by Gasteiger charge is 2.29. The maximum Gasteiger partial charge on any atom is 0.253 e. The molecule has 2 rings (SSSR count). The second kappa shape index (κ2) is 6.16. The molecule has 1 aromatic rings. The predicted octanol–water partition coefficient (Wildman–Crippen LogP) is 2.92. The number of benzene rings is 1. The Kier molecular flexibility index (Phi) is 4.53. The van der Waals surface area contributed by atoms with E-state index in [9.17, 15) is 9.90 Å². The molecule has 20 heavy (non-hydrogen) atoms. The van der Waals surface area contributed by atoms with Gasteiger partial charge in [-0.15, -0.1) is 0 Å². The van der Waals surface area contributed by atoms with Crippen molar-refractivity contribution in [1.82, 2.24) is 5.32 Å². The van der Waals surface area contributed by atoms with Gasteiger partial charge in [-0.3, -0.25) is 4.79 Å². The summed E-state index contributed by atoms with van der Waals surface area (Å²) in [5.41, 5.74) is 6.58. The van der Waals surface area contributed by atoms with Crippen molar-refractivity contribution in [3.63, 3.8) is 0 Å². The van der Waals surface area contributed by atoms with E-state index in [2.05, 4.69) is 19.2 Å². The molecule has 0 heterocycles. The zero-order valence-electron chi connectivity index (χ0n) is 12.2. The van der Waals surface area contributed by atoms with Crippen molar-refractivity contribution in [2.75, 3.05) is 5.73 Å². The number of anilines is 1. The highest BCUT2D eigenvalue weighted by Crippen LogP contribution is 2.30. The molecule has 1 amide bonds. The minimum absolute atomic E-state index is 0.0633. The van der Waals surface area contributed by atoms with E-state index in [1.165, 1.54) is 18.6 Å². The first-order valence-corrected chi connectivity index (χ1v) is 7.38. The van der Waals surface area contributed by atoms with Crippen molar-refractivity contribution in [3.05, 3.63) is 23.8 Å². The third-order valence-corrected chi connectivity index (χ3v) is 4.27. The van der Waals surface area contributed by atoms with Crippen LogP contribution in [0.2, 0.25) is 0 Å². The normalized spacial score (nSPS) is 22.8. The molecule has 4 nitrogen and oxygen atoms in total. The molecule has 2 unspecified atom stereocenters. The Bertz CT molecular complexity index is 485. The first-order valence-electron chi connectivity index (χ1n) is 7.38. The lowest BCUT2D eigenvalue weighted by atomic mass is 9.78. The van der Waals surface area contributed by atoms with Crippen LogP contribution in [0, 0.1) is 11.8 Å². The molecular formula is C16H24N2O2. The second-order valence-electron chi connectivity index (χ2n) is 6.04. The number of amides is 1. The van der Waals surface area contributed by atoms with Crippen LogP contribution in [0.4, 0.5) is 5.69 Å². The Morgan fingerprint density at radius 3 is 2.75 bits per heavy atom. The van der Waals surface area contributed by atoms with E-state index >= 15 is 0 Å². The summed E-state index contributed by atoms with van der Waals surface area (Å²) in [4.78, 5) is 12.4. The minimum atomic E-state index is -0.184. The van der Waals surface area contributed by atoms with Gasteiger partial charge in [-0.05, 0) is 42.9 Å². The summed E-state index contributed by atoms with van der Waals surface area (Å²) in [7, 11) is 0. The van der Waals surface area contributed by atoms with Crippen LogP contribution in [-0.2, 0) is 0 Å². The van der Waals surface area contributed by atoms with Crippen LogP contribution in [0.5, 0.6) is 5.75 Å². The van der Waals surface area contributed by atoms with Gasteiger partial charge in [0, 0.05) is 11.7 Å². The summed E-state index contributed by atoms with van der Waals surface area (Å²) in [6.45, 7) is 4.41. The van der Waals surface area contributed by atoms with Gasteiger partial charge < -0.3 is 16.2 Å². The number of phenols is 1. The van der Waals surface area contributed by atoms with E-state index in [4.69, 9.17) is 5.73 Å². The van der Waals surface area contributed by atoms with Crippen LogP contribution >= 0.6 is 0 Å². The summed E-state index contributed by atoms with van der Waals surface area (Å²) >= 11 is 0. The van der Waals surface area contributed by atoms with E-state index in [0.717, 1.165) is 19.3 Å². The zero-order chi connectivity index (χ0) is 14.7. The molecule has 0 aliphatic heterocycles. The van der Waals surface area contributed by atoms with Crippen LogP contribution in [-0.4, -0.2) is 17.1 Å². The summed E-state index contributed by atoms with van der Waals surface area (Å²) < 4.78 is 0. The number of hydrogen-bond donors (Lipinski definition) is 3. The van der Waals surface area contributed by atoms with Crippen LogP contribution in [0.1, 0.15) is 49.9 Å². The van der Waals surface area contributed by atoms with Crippen molar-refractivity contribution >= 4 is 11.6 Å². The van der Waals surface area contributed by atoms with Crippen LogP contribution in [0.15, 0.2) is 18.2 Å². The van der Waals surface area contributed by atoms with Gasteiger partial charge >= 0.3 is 0 Å². The molecule has 1 aliphatic rings. The number of carbonyl (C=O) groups is 1. The molecule has 0 saturated heterocycles. The largest absolute Gasteiger partial charge is 0.508 e. The highest BCUT2D eigenvalue weighted by atomic mass is 16.3. The van der Waals surface area contributed by atoms with Gasteiger partial charge in [0.1, 0.15) is 5.75 Å². The first kappa shape index (κ1) is 14.7. The third-order valence-electron chi connectivity index (χ3n) is 4.27. The van der Waals surface area contributed by atoms with Crippen molar-refractivity contribution < 1.29 is 9.90 Å². The van der Waals surface area contributed by atoms with Gasteiger partial charge in [0.15, 0.2) is 0 Å². The smallest absolute Gasteiger partial charge is 0.253 e. The first-order chi connectivity index (χ1) is 9.49. The summed E-state index contributed by atoms with van der Waals surface area (Å²) in [5, 5.41) is 12.6. The highest BCUT2D eigenvalue weighted by molar-refractivity contribution is 5.99. The maximum atomic E-state index is 12.4. The number of nitrogens with one attached hydrogen (secondary N) is 1. The number of nitrogens with two attached hydrogens (primary N) is 1. The quantitative estimate of drug-likeness (QED) is 0.587. The average Bonchev–Trinajstić information content (AvgIpc) is 2.41. The van der Waals surface area contributed by atoms with Crippen molar-refractivity contribution in [3.8, 4) is 5.75 Å². The van der Waals surface area contributed by atoms with Gasteiger partial charge in [-0.2, -0.15) is 0 Å². The van der Waals surface area contributed by atoms with Crippen LogP contribution in [0.3, 0.4) is 0 Å². The molecule has 4 heteroatoms. The van der Waals surface area contributed by atoms with Crippen LogP contribution < -0.4 is 11.1 Å². The Morgan fingerprint density at radius 1 is 1.35 bits per heavy atom. The lowest BCUT2D eigenvalue weighted by Crippen LogP contribution is -2.44. The summed E-state index contributed by atoms with van der Waals surface area (Å²) in [6, 6.07) is 4.69. The number of hydrogen-bond acceptors (Lipinski definition) is 3. The fraction of sp³-hybridized carbons (Fsp3) is 0.562. The lowest BCUT2D eigenvalue weighted by Gasteiger charge is -2.35. The number of nitrogen functional groups attached to an aromatic ring is 1. The number of carbonyl (C=O) groups excluding carboxylic acids is 1. The fourth-order valence-electron chi connectivity index (χ4n) is 3.12. The topological polar surface area (TPSA) is 75.3 Å². The Labute approximate surface area is 120 Å². The Hall–Kier alpha value is -1.71. The Balaban J connectivity index is 2.11. The van der Waals surface area contributed by atoms with E-state index in [1.54, 1.807) is 6.07 Å². The lowest BCUT2D eigenvalue weighted by molar-refractivity contribution is 0.0889. The van der Waals surface area contributed by atoms with Crippen LogP contribution in [0.25, 0.3) is 0 Å². The molecule has 0 radical (unpaired) electrons. The number of aromatic hydroxyl groups is 1. The molecule has 1 aliphatic carbocycles. The maximum absolute atomic E-state index is 12.4. The van der Waals surface area contributed by atoms with E-state index in [1.807, 2.05) is 0 Å².